The van der Waals surface area contributed by atoms with Crippen LogP contribution in [-0.4, -0.2) is 150 Å². The van der Waals surface area contributed by atoms with Gasteiger partial charge in [-0.3, -0.25) is 43.9 Å². The van der Waals surface area contributed by atoms with Gasteiger partial charge in [-0.25, -0.2) is 9.59 Å². The van der Waals surface area contributed by atoms with E-state index in [1.165, 1.54) is 17.7 Å². The van der Waals surface area contributed by atoms with Crippen molar-refractivity contribution in [2.24, 2.45) is 11.8 Å². The number of halogens is 3. The Morgan fingerprint density at radius 1 is 0.584 bits per heavy atom. The fourth-order valence-electron chi connectivity index (χ4n) is 6.34. The van der Waals surface area contributed by atoms with Crippen LogP contribution in [0.4, 0.5) is 0 Å². The molecule has 0 radical (unpaired) electrons. The van der Waals surface area contributed by atoms with Crippen LogP contribution in [0.25, 0.3) is 12.2 Å². The molecule has 19 nitrogen and oxygen atoms in total. The van der Waals surface area contributed by atoms with E-state index in [0.717, 1.165) is 55.7 Å². The molecule has 2 aliphatic carbocycles. The molecule has 0 unspecified atom stereocenters. The summed E-state index contributed by atoms with van der Waals surface area (Å²) in [6.07, 6.45) is 22.3. The molecule has 2 saturated carbocycles. The Balaban J connectivity index is 0. The molecule has 5 heterocycles. The monoisotopic (exact) mass is 1620 g/mol. The molecule has 494 valence electrons. The third kappa shape index (κ3) is 47.1. The van der Waals surface area contributed by atoms with Gasteiger partial charge in [0.05, 0.1) is 66.9 Å². The molecule has 89 heavy (non-hydrogen) atoms. The van der Waals surface area contributed by atoms with Gasteiger partial charge in [-0.2, -0.15) is 0 Å². The number of esters is 4. The molecular formula is C64H93Br2IN5O14PSSn. The molecule has 0 bridgehead atoms. The number of aryl methyl sites for hydroxylation is 3. The maximum Gasteiger partial charge on any atom is -1.00 e. The van der Waals surface area contributed by atoms with E-state index in [9.17, 15) is 32.7 Å². The van der Waals surface area contributed by atoms with Crippen LogP contribution >= 0.6 is 39.5 Å². The molecule has 5 aromatic heterocycles. The first-order chi connectivity index (χ1) is 41.4. The SMILES string of the molecule is CCOC(=O)/C=C/c1ccc(Br)cn1.CCOC(=O)/C=C/c1ccc(C)cn1.CCOC(=O)CP(=O)(OCC)OCC.CCOC(=O)[C@H]1C[C@@H]1c1ccc(C)cn1.C[S+](C)(C)=O.Cc1ccc([C@H]2C[C@@H]2CO)nc1.O=Cc1ccc(Br)cn1.[CH3][Sn]([CH3])([CH3])[CH3].[I-]. The number of aliphatic hydroxyl groups is 1. The molecule has 2 fully saturated rings. The fourth-order valence-corrected chi connectivity index (χ4v) is 8.26. The van der Waals surface area contributed by atoms with Crippen LogP contribution in [0.1, 0.15) is 116 Å². The van der Waals surface area contributed by atoms with Crippen LogP contribution in [0.5, 0.6) is 0 Å². The molecule has 0 spiro atoms. The number of nitrogens with zero attached hydrogens (tertiary/aromatic N) is 5. The topological polar surface area (TPSA) is 260 Å². The summed E-state index contributed by atoms with van der Waals surface area (Å²) in [4.78, 5) is 84.6. The molecule has 0 aromatic carbocycles. The number of hydrogen-bond acceptors (Lipinski definition) is 19. The molecule has 0 aliphatic heterocycles. The van der Waals surface area contributed by atoms with Crippen molar-refractivity contribution in [3.63, 3.8) is 0 Å². The van der Waals surface area contributed by atoms with E-state index in [0.29, 0.717) is 50.2 Å². The van der Waals surface area contributed by atoms with Gasteiger partial charge in [-0.1, -0.05) is 18.2 Å². The van der Waals surface area contributed by atoms with Crippen molar-refractivity contribution < 1.29 is 89.8 Å². The standard InChI is InChI=1S/C12H15NO2.C11H13NO2.C10H10BrNO2.C10H13NO.C8H17O5P.C6H4BrNO.C3H9OS.4CH3.HI.Sn/c1-3-15-12(14)10-6-9(10)11-5-4-8(2)7-13-11;1-3-14-11(13)7-6-10-5-4-9(2)8-12-10;1-2-14-10(13)6-5-9-4-3-8(11)7-12-9;1-7-2-3-10(11-5-7)9-4-8(9)6-12;1-4-11-8(9)7-14(10,12-5-2)13-6-3;7-5-1-2-6(4-9)8-3-5;1-5(2,3)4;;;;;;/h4-5,7,9-10H,3,6H2,1-2H3;4-8H,3H2,1-2H3;3-7H,2H2,1H3;2-3,5,8-9,12H,4,6H2,1H3;4-7H2,1-3H3;1-4H;1-3H3;4*1H3;1H;/q;;;;;;+1;;;;;;/p-1/b;7-6+;6-5+;;;;;;;;;;/t9-,10-;;;8-,9+;;;;;;;;;/m0..1........./s1. The van der Waals surface area contributed by atoms with Crippen molar-refractivity contribution in [3.8, 4) is 0 Å². The average Bonchev–Trinajstić information content (AvgIpc) is 2.94. The van der Waals surface area contributed by atoms with Crippen LogP contribution in [0, 0.1) is 32.6 Å². The maximum absolute atomic E-state index is 11.8. The minimum Gasteiger partial charge on any atom is -1.00 e. The summed E-state index contributed by atoms with van der Waals surface area (Å²) in [7, 11) is -4.70. The number of aldehydes is 1. The van der Waals surface area contributed by atoms with Crippen LogP contribution in [-0.2, 0) is 65.9 Å². The maximum atomic E-state index is 11.8. The number of ether oxygens (including phenoxy) is 4. The van der Waals surface area contributed by atoms with Crippen molar-refractivity contribution in [2.45, 2.75) is 107 Å². The molecule has 0 amide bonds. The second-order valence-electron chi connectivity index (χ2n) is 21.5. The number of carbonyl (C=O) groups is 5. The van der Waals surface area contributed by atoms with Crippen molar-refractivity contribution in [1.29, 1.82) is 0 Å². The van der Waals surface area contributed by atoms with Crippen molar-refractivity contribution in [1.82, 2.24) is 24.9 Å². The first kappa shape index (κ1) is 86.6. The molecule has 4 atom stereocenters. The smallest absolute Gasteiger partial charge is 1.00 e. The molecular weight excluding hydrogens is 1530 g/mol. The van der Waals surface area contributed by atoms with E-state index in [1.807, 2.05) is 70.4 Å². The number of carbonyl (C=O) groups excluding carboxylic acids is 5. The van der Waals surface area contributed by atoms with E-state index in [4.69, 9.17) is 28.4 Å². The zero-order chi connectivity index (χ0) is 66.9. The minimum atomic E-state index is -3.28. The summed E-state index contributed by atoms with van der Waals surface area (Å²) in [5.41, 5.74) is 7.52. The van der Waals surface area contributed by atoms with Gasteiger partial charge in [-0.15, -0.1) is 4.21 Å². The summed E-state index contributed by atoms with van der Waals surface area (Å²) in [5.74, 6) is -0.00434. The molecule has 1 N–H and O–H groups in total. The normalized spacial score (nSPS) is 15.0. The molecule has 5 aromatic rings. The summed E-state index contributed by atoms with van der Waals surface area (Å²) in [5, 5.41) is 8.86. The van der Waals surface area contributed by atoms with Gasteiger partial charge >= 0.3 is 69.6 Å². The van der Waals surface area contributed by atoms with Gasteiger partial charge in [-0.05, 0) is 184 Å². The zero-order valence-corrected chi connectivity index (χ0v) is 64.3. The zero-order valence-electron chi connectivity index (χ0n) is 54.4. The van der Waals surface area contributed by atoms with Crippen molar-refractivity contribution >= 4 is 110 Å². The van der Waals surface area contributed by atoms with Gasteiger partial charge < -0.3 is 57.1 Å². The van der Waals surface area contributed by atoms with Crippen LogP contribution < -0.4 is 24.0 Å². The Kier molecular flexibility index (Phi) is 47.0. The minimum absolute atomic E-state index is 0. The summed E-state index contributed by atoms with van der Waals surface area (Å²) >= 11 is 5.29. The Bertz CT molecular complexity index is 2860. The van der Waals surface area contributed by atoms with Gasteiger partial charge in [0.15, 0.2) is 6.29 Å². The van der Waals surface area contributed by atoms with Gasteiger partial charge in [0, 0.05) is 81.9 Å². The van der Waals surface area contributed by atoms with Crippen LogP contribution in [0.2, 0.25) is 19.8 Å². The molecule has 25 heteroatoms. The van der Waals surface area contributed by atoms with Gasteiger partial charge in [0.1, 0.15) is 30.6 Å². The van der Waals surface area contributed by atoms with E-state index < -0.39 is 41.9 Å². The van der Waals surface area contributed by atoms with E-state index in [2.05, 4.69) is 93.4 Å². The van der Waals surface area contributed by atoms with Crippen molar-refractivity contribution in [2.75, 3.05) is 71.2 Å². The predicted molar refractivity (Wildman–Crippen MR) is 360 cm³/mol. The second kappa shape index (κ2) is 48.3. The Morgan fingerprint density at radius 2 is 0.966 bits per heavy atom. The molecule has 7 rings (SSSR count). The number of hydrogen-bond donors (Lipinski definition) is 1. The summed E-state index contributed by atoms with van der Waals surface area (Å²) in [6.45, 7) is 18.7. The average molecular weight is 1620 g/mol. The van der Waals surface area contributed by atoms with E-state index in [1.54, 1.807) is 102 Å². The first-order valence-corrected chi connectivity index (χ1v) is 46.2. The Labute approximate surface area is 567 Å². The third-order valence-electron chi connectivity index (χ3n) is 10.4. The predicted octanol–water partition coefficient (Wildman–Crippen LogP) is 10.7. The third-order valence-corrected chi connectivity index (χ3v) is 13.2. The van der Waals surface area contributed by atoms with Crippen LogP contribution in [0.3, 0.4) is 0 Å². The van der Waals surface area contributed by atoms with Gasteiger partial charge in [0.25, 0.3) is 0 Å². The fraction of sp³-hybridized carbons (Fsp3) is 0.469. The Hall–Kier alpha value is -4.47. The Morgan fingerprint density at radius 3 is 1.29 bits per heavy atom. The number of rotatable bonds is 19. The van der Waals surface area contributed by atoms with E-state index >= 15 is 0 Å². The second-order valence-corrected chi connectivity index (χ2v) is 46.0. The molecule has 0 saturated heterocycles. The van der Waals surface area contributed by atoms with Crippen LogP contribution in [0.15, 0.2) is 113 Å². The largest absolute Gasteiger partial charge is 1.00 e. The number of aliphatic hydroxyl groups excluding tert-OH is 1. The van der Waals surface area contributed by atoms with Gasteiger partial charge in [0.2, 0.25) is 0 Å². The number of pyridine rings is 5. The number of aromatic nitrogens is 5. The van der Waals surface area contributed by atoms with E-state index in [-0.39, 0.29) is 79.7 Å². The van der Waals surface area contributed by atoms with Crippen molar-refractivity contribution in [3.05, 3.63) is 158 Å². The molecule has 2 aliphatic rings. The first-order valence-electron chi connectivity index (χ1n) is 28.7. The summed E-state index contributed by atoms with van der Waals surface area (Å²) in [6, 6.07) is 19.1. The summed E-state index contributed by atoms with van der Waals surface area (Å²) < 4.78 is 52.7. The quantitative estimate of drug-likeness (QED) is 0.0118.